The number of benzene rings is 1. The number of halogens is 1. The van der Waals surface area contributed by atoms with E-state index in [1.807, 2.05) is 0 Å². The summed E-state index contributed by atoms with van der Waals surface area (Å²) in [5, 5.41) is 0. The monoisotopic (exact) mass is 287 g/mol. The van der Waals surface area contributed by atoms with Crippen LogP contribution in [0, 0.1) is 10.5 Å². The topological polar surface area (TPSA) is 26.0 Å². The van der Waals surface area contributed by atoms with Crippen molar-refractivity contribution in [2.75, 3.05) is 0 Å². The van der Waals surface area contributed by atoms with Gasteiger partial charge in [-0.25, -0.2) is 0 Å². The third-order valence-electron chi connectivity index (χ3n) is 2.90. The first kappa shape index (κ1) is 9.46. The van der Waals surface area contributed by atoms with Crippen LogP contribution in [0.4, 0.5) is 0 Å². The first-order valence-electron chi connectivity index (χ1n) is 4.67. The van der Waals surface area contributed by atoms with Gasteiger partial charge in [0, 0.05) is 9.11 Å². The SMILES string of the molecule is Cc1ccc(I)c(C2(N)CCC2)c1. The number of hydrogen-bond donors (Lipinski definition) is 1. The van der Waals surface area contributed by atoms with E-state index < -0.39 is 0 Å². The Kier molecular flexibility index (Phi) is 2.36. The molecule has 0 aromatic heterocycles. The molecule has 1 nitrogen and oxygen atoms in total. The van der Waals surface area contributed by atoms with Gasteiger partial charge in [0.1, 0.15) is 0 Å². The lowest BCUT2D eigenvalue weighted by Crippen LogP contribution is -2.43. The summed E-state index contributed by atoms with van der Waals surface area (Å²) < 4.78 is 1.31. The minimum absolute atomic E-state index is 0.0114. The predicted molar refractivity (Wildman–Crippen MR) is 63.6 cm³/mol. The second-order valence-corrected chi connectivity index (χ2v) is 5.16. The molecule has 0 aliphatic heterocycles. The number of nitrogens with two attached hydrogens (primary N) is 1. The third kappa shape index (κ3) is 1.62. The number of aryl methyl sites for hydroxylation is 1. The van der Waals surface area contributed by atoms with Gasteiger partial charge < -0.3 is 5.73 Å². The van der Waals surface area contributed by atoms with Crippen molar-refractivity contribution in [3.8, 4) is 0 Å². The summed E-state index contributed by atoms with van der Waals surface area (Å²) in [7, 11) is 0. The van der Waals surface area contributed by atoms with Crippen LogP contribution in [0.15, 0.2) is 18.2 Å². The van der Waals surface area contributed by atoms with Gasteiger partial charge in [-0.05, 0) is 60.4 Å². The van der Waals surface area contributed by atoms with Crippen molar-refractivity contribution in [1.29, 1.82) is 0 Å². The minimum Gasteiger partial charge on any atom is -0.321 e. The molecule has 0 atom stereocenters. The Bertz CT molecular complexity index is 329. The number of hydrogen-bond acceptors (Lipinski definition) is 1. The van der Waals surface area contributed by atoms with Crippen LogP contribution in [0.5, 0.6) is 0 Å². The van der Waals surface area contributed by atoms with Crippen molar-refractivity contribution in [3.63, 3.8) is 0 Å². The molecule has 0 heterocycles. The van der Waals surface area contributed by atoms with Crippen LogP contribution in [0.25, 0.3) is 0 Å². The van der Waals surface area contributed by atoms with E-state index in [0.717, 1.165) is 12.8 Å². The fourth-order valence-corrected chi connectivity index (χ4v) is 2.72. The quantitative estimate of drug-likeness (QED) is 0.790. The van der Waals surface area contributed by atoms with E-state index in [1.54, 1.807) is 0 Å². The van der Waals surface area contributed by atoms with E-state index in [9.17, 15) is 0 Å². The summed E-state index contributed by atoms with van der Waals surface area (Å²) in [6.45, 7) is 2.13. The van der Waals surface area contributed by atoms with Gasteiger partial charge in [0.2, 0.25) is 0 Å². The molecular formula is C11H14IN. The van der Waals surface area contributed by atoms with Gasteiger partial charge in [-0.15, -0.1) is 0 Å². The Balaban J connectivity index is 2.43. The maximum Gasteiger partial charge on any atom is 0.0420 e. The zero-order valence-electron chi connectivity index (χ0n) is 7.81. The molecule has 0 spiro atoms. The Morgan fingerprint density at radius 1 is 1.38 bits per heavy atom. The standard InChI is InChI=1S/C11H14IN/c1-8-3-4-10(12)9(7-8)11(13)5-2-6-11/h3-4,7H,2,5-6,13H2,1H3. The van der Waals surface area contributed by atoms with Gasteiger partial charge in [0.25, 0.3) is 0 Å². The van der Waals surface area contributed by atoms with Crippen LogP contribution >= 0.6 is 22.6 Å². The summed E-state index contributed by atoms with van der Waals surface area (Å²) >= 11 is 2.38. The van der Waals surface area contributed by atoms with E-state index in [-0.39, 0.29) is 5.54 Å². The molecule has 1 aromatic rings. The van der Waals surface area contributed by atoms with Gasteiger partial charge >= 0.3 is 0 Å². The van der Waals surface area contributed by atoms with E-state index in [4.69, 9.17) is 5.73 Å². The average molecular weight is 287 g/mol. The Morgan fingerprint density at radius 3 is 2.62 bits per heavy atom. The summed E-state index contributed by atoms with van der Waals surface area (Å²) in [6.07, 6.45) is 3.57. The van der Waals surface area contributed by atoms with E-state index in [0.29, 0.717) is 0 Å². The summed E-state index contributed by atoms with van der Waals surface area (Å²) in [6, 6.07) is 6.55. The highest BCUT2D eigenvalue weighted by Crippen LogP contribution is 2.40. The molecule has 1 aromatic carbocycles. The molecule has 2 heteroatoms. The first-order valence-corrected chi connectivity index (χ1v) is 5.75. The van der Waals surface area contributed by atoms with Crippen LogP contribution < -0.4 is 5.73 Å². The minimum atomic E-state index is -0.0114. The van der Waals surface area contributed by atoms with E-state index in [1.165, 1.54) is 21.1 Å². The molecule has 1 saturated carbocycles. The van der Waals surface area contributed by atoms with Crippen molar-refractivity contribution in [2.24, 2.45) is 5.73 Å². The van der Waals surface area contributed by atoms with E-state index in [2.05, 4.69) is 47.7 Å². The Morgan fingerprint density at radius 2 is 2.08 bits per heavy atom. The van der Waals surface area contributed by atoms with Crippen molar-refractivity contribution in [2.45, 2.75) is 31.7 Å². The fraction of sp³-hybridized carbons (Fsp3) is 0.455. The van der Waals surface area contributed by atoms with Crippen LogP contribution in [-0.4, -0.2) is 0 Å². The Labute approximate surface area is 92.9 Å². The van der Waals surface area contributed by atoms with Crippen molar-refractivity contribution >= 4 is 22.6 Å². The second kappa shape index (κ2) is 3.24. The maximum atomic E-state index is 6.29. The maximum absolute atomic E-state index is 6.29. The molecule has 0 saturated heterocycles. The van der Waals surface area contributed by atoms with Gasteiger partial charge in [0.15, 0.2) is 0 Å². The second-order valence-electron chi connectivity index (χ2n) is 3.99. The van der Waals surface area contributed by atoms with Gasteiger partial charge in [0.05, 0.1) is 0 Å². The molecular weight excluding hydrogens is 273 g/mol. The third-order valence-corrected chi connectivity index (χ3v) is 3.84. The lowest BCUT2D eigenvalue weighted by Gasteiger charge is -2.39. The molecule has 0 radical (unpaired) electrons. The number of rotatable bonds is 1. The smallest absolute Gasteiger partial charge is 0.0420 e. The molecule has 1 fully saturated rings. The average Bonchev–Trinajstić information content (AvgIpc) is 2.05. The summed E-state index contributed by atoms with van der Waals surface area (Å²) in [5.41, 5.74) is 8.94. The zero-order chi connectivity index (χ0) is 9.47. The molecule has 70 valence electrons. The normalized spacial score (nSPS) is 19.6. The molecule has 0 amide bonds. The van der Waals surface area contributed by atoms with Gasteiger partial charge in [-0.3, -0.25) is 0 Å². The summed E-state index contributed by atoms with van der Waals surface area (Å²) in [4.78, 5) is 0. The molecule has 1 aliphatic carbocycles. The van der Waals surface area contributed by atoms with E-state index >= 15 is 0 Å². The van der Waals surface area contributed by atoms with Crippen LogP contribution in [0.1, 0.15) is 30.4 Å². The zero-order valence-corrected chi connectivity index (χ0v) is 9.97. The molecule has 13 heavy (non-hydrogen) atoms. The van der Waals surface area contributed by atoms with Crippen molar-refractivity contribution in [1.82, 2.24) is 0 Å². The van der Waals surface area contributed by atoms with Crippen molar-refractivity contribution < 1.29 is 0 Å². The fourth-order valence-electron chi connectivity index (χ4n) is 1.85. The van der Waals surface area contributed by atoms with Crippen LogP contribution in [-0.2, 0) is 5.54 Å². The lowest BCUT2D eigenvalue weighted by molar-refractivity contribution is 0.252. The van der Waals surface area contributed by atoms with Gasteiger partial charge in [-0.1, -0.05) is 17.7 Å². The predicted octanol–water partition coefficient (Wildman–Crippen LogP) is 2.94. The molecule has 0 unspecified atom stereocenters. The summed E-state index contributed by atoms with van der Waals surface area (Å²) in [5.74, 6) is 0. The van der Waals surface area contributed by atoms with Crippen molar-refractivity contribution in [3.05, 3.63) is 32.9 Å². The molecule has 0 bridgehead atoms. The molecule has 1 aliphatic rings. The highest BCUT2D eigenvalue weighted by Gasteiger charge is 2.35. The first-order chi connectivity index (χ1) is 6.12. The molecule has 2 rings (SSSR count). The Hall–Kier alpha value is -0.0900. The van der Waals surface area contributed by atoms with Crippen LogP contribution in [0.2, 0.25) is 0 Å². The highest BCUT2D eigenvalue weighted by atomic mass is 127. The molecule has 2 N–H and O–H groups in total. The van der Waals surface area contributed by atoms with Gasteiger partial charge in [-0.2, -0.15) is 0 Å². The highest BCUT2D eigenvalue weighted by molar-refractivity contribution is 14.1. The largest absolute Gasteiger partial charge is 0.321 e. The lowest BCUT2D eigenvalue weighted by atomic mass is 9.72. The van der Waals surface area contributed by atoms with Crippen LogP contribution in [0.3, 0.4) is 0 Å².